The predicted molar refractivity (Wildman–Crippen MR) is 127 cm³/mol. The van der Waals surface area contributed by atoms with Gasteiger partial charge in [-0.2, -0.15) is 0 Å². The lowest BCUT2D eigenvalue weighted by atomic mass is 9.63. The van der Waals surface area contributed by atoms with Crippen LogP contribution in [-0.4, -0.2) is 20.8 Å². The Bertz CT molecular complexity index is 1320. The van der Waals surface area contributed by atoms with Gasteiger partial charge in [0.1, 0.15) is 0 Å². The number of amides is 1. The van der Waals surface area contributed by atoms with E-state index < -0.39 is 15.8 Å². The smallest absolute Gasteiger partial charge is 0.271 e. The molecule has 2 aliphatic carbocycles. The largest absolute Gasteiger partial charge is 0.325 e. The monoisotopic (exact) mass is 444 g/mol. The minimum atomic E-state index is -0.861. The van der Waals surface area contributed by atoms with Crippen molar-refractivity contribution in [3.05, 3.63) is 69.5 Å². The highest BCUT2D eigenvalue weighted by molar-refractivity contribution is 6.02. The van der Waals surface area contributed by atoms with E-state index in [9.17, 15) is 14.9 Å². The molecule has 2 bridgehead atoms. The Hall–Kier alpha value is -3.35. The van der Waals surface area contributed by atoms with Crippen LogP contribution in [0.5, 0.6) is 0 Å². The summed E-state index contributed by atoms with van der Waals surface area (Å²) in [5.41, 5.74) is 2.89. The zero-order valence-corrected chi connectivity index (χ0v) is 19.6. The van der Waals surface area contributed by atoms with Crippen LogP contribution in [0.25, 0.3) is 11.0 Å². The highest BCUT2D eigenvalue weighted by Crippen LogP contribution is 2.70. The van der Waals surface area contributed by atoms with Crippen molar-refractivity contribution < 1.29 is 9.72 Å². The van der Waals surface area contributed by atoms with E-state index in [1.165, 1.54) is 17.7 Å². The Labute approximate surface area is 192 Å². The van der Waals surface area contributed by atoms with Crippen LogP contribution in [0.1, 0.15) is 70.3 Å². The number of nitro groups is 1. The molecule has 1 heterocycles. The zero-order chi connectivity index (χ0) is 23.8. The summed E-state index contributed by atoms with van der Waals surface area (Å²) in [4.78, 5) is 34.6. The Morgan fingerprint density at radius 2 is 1.67 bits per heavy atom. The van der Waals surface area contributed by atoms with Gasteiger partial charge in [0, 0.05) is 23.2 Å². The van der Waals surface area contributed by atoms with Crippen molar-refractivity contribution in [3.63, 3.8) is 0 Å². The summed E-state index contributed by atoms with van der Waals surface area (Å²) in [6, 6.07) is 12.5. The lowest BCUT2D eigenvalue weighted by Crippen LogP contribution is -2.48. The van der Waals surface area contributed by atoms with Crippen molar-refractivity contribution >= 4 is 28.3 Å². The van der Waals surface area contributed by atoms with Crippen LogP contribution in [0.3, 0.4) is 0 Å². The molecule has 0 spiro atoms. The Morgan fingerprint density at radius 3 is 2.30 bits per heavy atom. The van der Waals surface area contributed by atoms with Gasteiger partial charge >= 0.3 is 0 Å². The Balaban J connectivity index is 1.63. The molecule has 0 saturated heterocycles. The first-order valence-corrected chi connectivity index (χ1v) is 11.4. The van der Waals surface area contributed by atoms with Crippen molar-refractivity contribution in [1.29, 1.82) is 0 Å². The van der Waals surface area contributed by atoms with Crippen molar-refractivity contribution in [3.8, 4) is 0 Å². The summed E-state index contributed by atoms with van der Waals surface area (Å²) < 4.78 is 0. The van der Waals surface area contributed by atoms with Gasteiger partial charge in [-0.3, -0.25) is 14.9 Å². The van der Waals surface area contributed by atoms with Gasteiger partial charge in [0.05, 0.1) is 32.8 Å². The normalized spacial score (nSPS) is 24.8. The van der Waals surface area contributed by atoms with Crippen LogP contribution in [0.4, 0.5) is 11.4 Å². The number of hydrogen-bond acceptors (Lipinski definition) is 5. The second kappa shape index (κ2) is 6.83. The number of hydrogen-bond donors (Lipinski definition) is 1. The van der Waals surface area contributed by atoms with E-state index in [0.717, 1.165) is 17.8 Å². The van der Waals surface area contributed by atoms with Gasteiger partial charge in [0.2, 0.25) is 5.91 Å². The third-order valence-electron chi connectivity index (χ3n) is 8.45. The number of aromatic nitrogens is 2. The van der Waals surface area contributed by atoms with Crippen LogP contribution in [-0.2, 0) is 15.6 Å². The van der Waals surface area contributed by atoms with Crippen molar-refractivity contribution in [1.82, 2.24) is 9.97 Å². The molecule has 2 unspecified atom stereocenters. The molecule has 2 aliphatic rings. The molecule has 1 fully saturated rings. The average molecular weight is 445 g/mol. The molecule has 0 radical (unpaired) electrons. The highest BCUT2D eigenvalue weighted by Gasteiger charge is 2.73. The van der Waals surface area contributed by atoms with Gasteiger partial charge in [-0.25, -0.2) is 9.97 Å². The first kappa shape index (κ1) is 21.5. The molecule has 5 rings (SSSR count). The third kappa shape index (κ3) is 2.71. The molecule has 3 aromatic rings. The van der Waals surface area contributed by atoms with Gasteiger partial charge in [0.15, 0.2) is 0 Å². The van der Waals surface area contributed by atoms with E-state index in [1.54, 1.807) is 6.07 Å². The summed E-state index contributed by atoms with van der Waals surface area (Å²) in [6.07, 6.45) is 1.49. The van der Waals surface area contributed by atoms with Gasteiger partial charge in [-0.05, 0) is 47.9 Å². The number of nitrogens with one attached hydrogen (secondary N) is 1. The Kier molecular flexibility index (Phi) is 4.45. The predicted octanol–water partition coefficient (Wildman–Crippen LogP) is 5.63. The lowest BCUT2D eigenvalue weighted by molar-refractivity contribution is -0.384. The zero-order valence-electron chi connectivity index (χ0n) is 19.6. The second-order valence-corrected chi connectivity index (χ2v) is 10.4. The van der Waals surface area contributed by atoms with E-state index in [4.69, 9.17) is 9.97 Å². The molecule has 2 atom stereocenters. The highest BCUT2D eigenvalue weighted by atomic mass is 16.6. The van der Waals surface area contributed by atoms with Crippen molar-refractivity contribution in [2.75, 3.05) is 5.32 Å². The fourth-order valence-corrected chi connectivity index (χ4v) is 5.89. The molecule has 0 aliphatic heterocycles. The molecular formula is C26H28N4O3. The maximum atomic E-state index is 14.0. The van der Waals surface area contributed by atoms with Crippen molar-refractivity contribution in [2.45, 2.75) is 64.2 Å². The molecule has 7 nitrogen and oxygen atoms in total. The minimum absolute atomic E-state index is 0.0332. The topological polar surface area (TPSA) is 98.0 Å². The quantitative estimate of drug-likeness (QED) is 0.415. The lowest BCUT2D eigenvalue weighted by Gasteiger charge is -2.39. The molecule has 1 saturated carbocycles. The number of fused-ring (bicyclic) bond motifs is 6. The summed E-state index contributed by atoms with van der Waals surface area (Å²) in [5, 5.41) is 14.4. The number of nitrogens with zero attached hydrogens (tertiary/aromatic N) is 3. The fraction of sp³-hybridized carbons (Fsp3) is 0.423. The SMILES string of the molecule is CC(C)c1ccc(NC(=O)C23CCC(C)(c4nc5ccc([N+](=O)[O-])cc5nc42)C3(C)C)cc1. The average Bonchev–Trinajstić information content (AvgIpc) is 3.07. The number of anilines is 1. The minimum Gasteiger partial charge on any atom is -0.325 e. The van der Waals surface area contributed by atoms with Crippen LogP contribution >= 0.6 is 0 Å². The number of benzene rings is 2. The standard InChI is InChI=1S/C26H28N4O3/c1-15(2)16-6-8-17(9-7-16)27-23(31)26-13-12-25(5,24(26,3)4)21-22(26)29-20-14-18(30(32)33)10-11-19(20)28-21/h6-11,14-15H,12-13H2,1-5H3,(H,27,31). The van der Waals surface area contributed by atoms with Gasteiger partial charge in [0.25, 0.3) is 5.69 Å². The van der Waals surface area contributed by atoms with Crippen LogP contribution in [0.15, 0.2) is 42.5 Å². The number of nitro benzene ring substituents is 1. The molecule has 7 heteroatoms. The summed E-state index contributed by atoms with van der Waals surface area (Å²) in [6.45, 7) is 10.7. The molecule has 1 N–H and O–H groups in total. The van der Waals surface area contributed by atoms with Crippen LogP contribution in [0, 0.1) is 15.5 Å². The molecule has 1 aromatic heterocycles. The molecule has 1 amide bonds. The van der Waals surface area contributed by atoms with Crippen LogP contribution < -0.4 is 5.32 Å². The number of carbonyl (C=O) groups is 1. The summed E-state index contributed by atoms with van der Waals surface area (Å²) in [5.74, 6) is 0.323. The van der Waals surface area contributed by atoms with Crippen LogP contribution in [0.2, 0.25) is 0 Å². The number of rotatable bonds is 4. The Morgan fingerprint density at radius 1 is 1.00 bits per heavy atom. The second-order valence-electron chi connectivity index (χ2n) is 10.4. The van der Waals surface area contributed by atoms with E-state index in [0.29, 0.717) is 29.1 Å². The molecule has 33 heavy (non-hydrogen) atoms. The molecule has 2 aromatic carbocycles. The van der Waals surface area contributed by atoms with E-state index >= 15 is 0 Å². The maximum Gasteiger partial charge on any atom is 0.271 e. The summed E-state index contributed by atoms with van der Waals surface area (Å²) >= 11 is 0. The van der Waals surface area contributed by atoms with E-state index in [-0.39, 0.29) is 17.0 Å². The van der Waals surface area contributed by atoms with Gasteiger partial charge in [-0.15, -0.1) is 0 Å². The van der Waals surface area contributed by atoms with Gasteiger partial charge in [-0.1, -0.05) is 46.8 Å². The first-order chi connectivity index (χ1) is 15.5. The van der Waals surface area contributed by atoms with Gasteiger partial charge < -0.3 is 5.32 Å². The first-order valence-electron chi connectivity index (χ1n) is 11.4. The number of non-ortho nitro benzene ring substituents is 1. The van der Waals surface area contributed by atoms with Crippen molar-refractivity contribution in [2.24, 2.45) is 5.41 Å². The summed E-state index contributed by atoms with van der Waals surface area (Å²) in [7, 11) is 0. The third-order valence-corrected chi connectivity index (χ3v) is 8.45. The fourth-order valence-electron chi connectivity index (χ4n) is 5.89. The molecular weight excluding hydrogens is 416 g/mol. The molecule has 170 valence electrons. The number of carbonyl (C=O) groups excluding carboxylic acids is 1. The van der Waals surface area contributed by atoms with E-state index in [1.807, 2.05) is 24.3 Å². The van der Waals surface area contributed by atoms with E-state index in [2.05, 4.69) is 39.9 Å². The maximum absolute atomic E-state index is 14.0.